The number of aromatic nitrogens is 6. The molecule has 0 aliphatic carbocycles. The van der Waals surface area contributed by atoms with Crippen LogP contribution >= 0.6 is 0 Å². The zero-order valence-electron chi connectivity index (χ0n) is 24.8. The number of hydrogen-bond acceptors (Lipinski definition) is 10. The Balaban J connectivity index is 1.58. The minimum absolute atomic E-state index is 0.0130. The van der Waals surface area contributed by atoms with Gasteiger partial charge in [0.25, 0.3) is 5.56 Å². The summed E-state index contributed by atoms with van der Waals surface area (Å²) in [6, 6.07) is 7.14. The fraction of sp³-hybridized carbons (Fsp3) is 0.483. The first-order chi connectivity index (χ1) is 20.8. The van der Waals surface area contributed by atoms with Crippen molar-refractivity contribution in [3.8, 4) is 17.3 Å². The van der Waals surface area contributed by atoms with Gasteiger partial charge in [-0.3, -0.25) is 14.5 Å². The number of aryl methyl sites for hydroxylation is 1. The number of H-pyrrole nitrogens is 1. The van der Waals surface area contributed by atoms with Crippen LogP contribution in [-0.4, -0.2) is 100 Å². The summed E-state index contributed by atoms with van der Waals surface area (Å²) in [6.45, 7) is 8.22. The van der Waals surface area contributed by atoms with Crippen LogP contribution in [0.4, 0.5) is 0 Å². The van der Waals surface area contributed by atoms with Crippen molar-refractivity contribution in [3.05, 3.63) is 58.4 Å². The second-order valence-corrected chi connectivity index (χ2v) is 12.3. The SMILES string of the molecule is CCCc1c2nc(-c3cc(S(=O)(=O)N4CCN(CC)CC4)cnc3OCCCOC)[nH]c(=O)c2nn1Cc1ccccn1. The van der Waals surface area contributed by atoms with E-state index in [1.54, 1.807) is 18.0 Å². The number of hydrogen-bond donors (Lipinski definition) is 1. The molecular formula is C29H38N8O5S. The minimum atomic E-state index is -3.84. The predicted octanol–water partition coefficient (Wildman–Crippen LogP) is 2.32. The summed E-state index contributed by atoms with van der Waals surface area (Å²) in [5.41, 5.74) is 2.10. The molecular weight excluding hydrogens is 572 g/mol. The van der Waals surface area contributed by atoms with Gasteiger partial charge >= 0.3 is 0 Å². The molecule has 0 aromatic carbocycles. The molecule has 0 radical (unpaired) electrons. The Kier molecular flexibility index (Phi) is 9.80. The van der Waals surface area contributed by atoms with Gasteiger partial charge in [0, 0.05) is 52.5 Å². The van der Waals surface area contributed by atoms with Gasteiger partial charge in [0.2, 0.25) is 15.9 Å². The Morgan fingerprint density at radius 2 is 1.86 bits per heavy atom. The molecule has 14 heteroatoms. The van der Waals surface area contributed by atoms with Crippen molar-refractivity contribution in [1.29, 1.82) is 0 Å². The van der Waals surface area contributed by atoms with Crippen LogP contribution in [0.1, 0.15) is 38.1 Å². The van der Waals surface area contributed by atoms with E-state index in [9.17, 15) is 13.2 Å². The Labute approximate surface area is 250 Å². The van der Waals surface area contributed by atoms with Crippen LogP contribution in [0.25, 0.3) is 22.4 Å². The number of fused-ring (bicyclic) bond motifs is 1. The standard InChI is InChI=1S/C29H38N8O5S/c1-4-9-24-25-26(34-37(24)20-21-10-6-7-11-30-21)28(38)33-27(32-25)23-18-22(19-31-29(23)42-17-8-16-41-3)43(39,40)36-14-12-35(5-2)13-15-36/h6-7,10-11,18-19H,4-5,8-9,12-17,20H2,1-3H3,(H,32,33,38). The summed E-state index contributed by atoms with van der Waals surface area (Å²) in [5, 5.41) is 4.59. The van der Waals surface area contributed by atoms with Crippen molar-refractivity contribution < 1.29 is 17.9 Å². The van der Waals surface area contributed by atoms with Crippen molar-refractivity contribution in [2.24, 2.45) is 0 Å². The monoisotopic (exact) mass is 610 g/mol. The van der Waals surface area contributed by atoms with E-state index >= 15 is 0 Å². The van der Waals surface area contributed by atoms with E-state index in [0.29, 0.717) is 57.7 Å². The molecule has 1 aliphatic rings. The summed E-state index contributed by atoms with van der Waals surface area (Å²) >= 11 is 0. The van der Waals surface area contributed by atoms with Crippen molar-refractivity contribution >= 4 is 21.1 Å². The first-order valence-corrected chi connectivity index (χ1v) is 16.0. The fourth-order valence-corrected chi connectivity index (χ4v) is 6.51. The zero-order valence-corrected chi connectivity index (χ0v) is 25.6. The molecule has 0 bridgehead atoms. The number of pyridine rings is 2. The molecule has 4 aromatic rings. The molecule has 43 heavy (non-hydrogen) atoms. The highest BCUT2D eigenvalue weighted by Crippen LogP contribution is 2.30. The third-order valence-electron chi connectivity index (χ3n) is 7.45. The minimum Gasteiger partial charge on any atom is -0.477 e. The lowest BCUT2D eigenvalue weighted by molar-refractivity contribution is 0.170. The number of methoxy groups -OCH3 is 1. The van der Waals surface area contributed by atoms with Gasteiger partial charge in [0.15, 0.2) is 5.52 Å². The average Bonchev–Trinajstić information content (AvgIpc) is 3.37. The van der Waals surface area contributed by atoms with E-state index in [1.165, 1.54) is 16.6 Å². The lowest BCUT2D eigenvalue weighted by atomic mass is 10.2. The molecule has 1 saturated heterocycles. The number of aromatic amines is 1. The molecule has 0 unspecified atom stereocenters. The van der Waals surface area contributed by atoms with Crippen LogP contribution < -0.4 is 10.3 Å². The number of nitrogens with zero attached hydrogens (tertiary/aromatic N) is 7. The highest BCUT2D eigenvalue weighted by Gasteiger charge is 2.30. The van der Waals surface area contributed by atoms with Crippen molar-refractivity contribution in [2.45, 2.75) is 44.6 Å². The number of likely N-dealkylation sites (N-methyl/N-ethyl adjacent to an activating group) is 1. The lowest BCUT2D eigenvalue weighted by Gasteiger charge is -2.33. The number of piperazine rings is 1. The van der Waals surface area contributed by atoms with Crippen molar-refractivity contribution in [2.75, 3.05) is 53.0 Å². The van der Waals surface area contributed by atoms with Crippen LogP contribution in [0.15, 0.2) is 46.3 Å². The summed E-state index contributed by atoms with van der Waals surface area (Å²) < 4.78 is 41.7. The second kappa shape index (κ2) is 13.7. The molecule has 0 amide bonds. The van der Waals surface area contributed by atoms with Crippen LogP contribution in [-0.2, 0) is 27.7 Å². The van der Waals surface area contributed by atoms with Gasteiger partial charge in [-0.05, 0) is 31.2 Å². The molecule has 4 aromatic heterocycles. The normalized spacial score (nSPS) is 14.9. The predicted molar refractivity (Wildman–Crippen MR) is 162 cm³/mol. The van der Waals surface area contributed by atoms with Gasteiger partial charge in [0.05, 0.1) is 36.3 Å². The Bertz CT molecular complexity index is 1700. The van der Waals surface area contributed by atoms with Gasteiger partial charge in [0.1, 0.15) is 16.2 Å². The maximum Gasteiger partial charge on any atom is 0.279 e. The summed E-state index contributed by atoms with van der Waals surface area (Å²) in [4.78, 5) is 32.1. The molecule has 0 spiro atoms. The number of sulfonamides is 1. The quantitative estimate of drug-likeness (QED) is 0.224. The van der Waals surface area contributed by atoms with Crippen LogP contribution in [0, 0.1) is 0 Å². The molecule has 1 fully saturated rings. The highest BCUT2D eigenvalue weighted by atomic mass is 32.2. The number of nitrogens with one attached hydrogen (secondary N) is 1. The molecule has 1 N–H and O–H groups in total. The maximum absolute atomic E-state index is 13.7. The Morgan fingerprint density at radius 3 is 2.56 bits per heavy atom. The van der Waals surface area contributed by atoms with Crippen molar-refractivity contribution in [3.63, 3.8) is 0 Å². The van der Waals surface area contributed by atoms with Crippen LogP contribution in [0.2, 0.25) is 0 Å². The molecule has 0 atom stereocenters. The molecule has 5 rings (SSSR count). The van der Waals surface area contributed by atoms with Gasteiger partial charge in [-0.1, -0.05) is 26.3 Å². The lowest BCUT2D eigenvalue weighted by Crippen LogP contribution is -2.48. The van der Waals surface area contributed by atoms with Gasteiger partial charge in [-0.2, -0.15) is 9.40 Å². The first kappa shape index (κ1) is 30.7. The first-order valence-electron chi connectivity index (χ1n) is 14.6. The van der Waals surface area contributed by atoms with Gasteiger partial charge in [-0.25, -0.2) is 18.4 Å². The topological polar surface area (TPSA) is 148 Å². The highest BCUT2D eigenvalue weighted by molar-refractivity contribution is 7.89. The molecule has 5 heterocycles. The smallest absolute Gasteiger partial charge is 0.279 e. The van der Waals surface area contributed by atoms with E-state index in [2.05, 4.69) is 31.9 Å². The molecule has 0 saturated carbocycles. The molecule has 13 nitrogen and oxygen atoms in total. The molecule has 230 valence electrons. The fourth-order valence-electron chi connectivity index (χ4n) is 5.12. The van der Waals surface area contributed by atoms with Gasteiger partial charge < -0.3 is 19.4 Å². The van der Waals surface area contributed by atoms with Gasteiger partial charge in [-0.15, -0.1) is 0 Å². The Hall–Kier alpha value is -3.72. The largest absolute Gasteiger partial charge is 0.477 e. The molecule has 1 aliphatic heterocycles. The summed E-state index contributed by atoms with van der Waals surface area (Å²) in [5.74, 6) is 0.334. The maximum atomic E-state index is 13.7. The van der Waals surface area contributed by atoms with E-state index in [4.69, 9.17) is 14.5 Å². The zero-order chi connectivity index (χ0) is 30.4. The third-order valence-corrected chi connectivity index (χ3v) is 9.32. The summed E-state index contributed by atoms with van der Waals surface area (Å²) in [7, 11) is -2.24. The van der Waals surface area contributed by atoms with Crippen LogP contribution in [0.5, 0.6) is 5.88 Å². The van der Waals surface area contributed by atoms with E-state index in [1.807, 2.05) is 25.1 Å². The van der Waals surface area contributed by atoms with E-state index in [-0.39, 0.29) is 34.3 Å². The van der Waals surface area contributed by atoms with E-state index in [0.717, 1.165) is 24.4 Å². The second-order valence-electron chi connectivity index (χ2n) is 10.3. The average molecular weight is 611 g/mol. The number of ether oxygens (including phenoxy) is 2. The number of rotatable bonds is 13. The van der Waals surface area contributed by atoms with E-state index < -0.39 is 15.6 Å². The van der Waals surface area contributed by atoms with Crippen molar-refractivity contribution in [1.82, 2.24) is 38.9 Å². The van der Waals surface area contributed by atoms with Crippen LogP contribution in [0.3, 0.4) is 0 Å². The summed E-state index contributed by atoms with van der Waals surface area (Å²) in [6.07, 6.45) is 5.06. The Morgan fingerprint density at radius 1 is 1.05 bits per heavy atom. The third kappa shape index (κ3) is 6.77.